The topological polar surface area (TPSA) is 53.6 Å². The zero-order valence-corrected chi connectivity index (χ0v) is 18.7. The van der Waals surface area contributed by atoms with Gasteiger partial charge in [-0.2, -0.15) is 0 Å². The van der Waals surface area contributed by atoms with Gasteiger partial charge in [0.05, 0.1) is 16.6 Å². The van der Waals surface area contributed by atoms with Crippen LogP contribution in [0.5, 0.6) is 0 Å². The zero-order chi connectivity index (χ0) is 23.1. The van der Waals surface area contributed by atoms with Crippen LogP contribution in [0.15, 0.2) is 108 Å². The van der Waals surface area contributed by atoms with Crippen LogP contribution in [0.4, 0.5) is 0 Å². The molecular formula is C31H19N3O. The second-order valence-corrected chi connectivity index (χ2v) is 9.17. The molecule has 2 N–H and O–H groups in total. The number of aromatic nitrogens is 3. The normalized spacial score (nSPS) is 12.1. The number of para-hydroxylation sites is 3. The molecule has 3 heterocycles. The van der Waals surface area contributed by atoms with E-state index in [1.807, 2.05) is 18.2 Å². The number of benzene rings is 5. The van der Waals surface area contributed by atoms with Crippen molar-refractivity contribution in [1.29, 1.82) is 0 Å². The molecule has 3 aromatic heterocycles. The van der Waals surface area contributed by atoms with Crippen LogP contribution in [0.25, 0.3) is 71.0 Å². The molecule has 0 fully saturated rings. The van der Waals surface area contributed by atoms with E-state index in [-0.39, 0.29) is 5.56 Å². The summed E-state index contributed by atoms with van der Waals surface area (Å²) in [5.41, 5.74) is 6.14. The molecule has 0 bridgehead atoms. The molecule has 0 atom stereocenters. The molecule has 8 aromatic rings. The first kappa shape index (κ1) is 18.6. The van der Waals surface area contributed by atoms with E-state index in [0.717, 1.165) is 49.4 Å². The summed E-state index contributed by atoms with van der Waals surface area (Å²) in [6.07, 6.45) is 0. The lowest BCUT2D eigenvalue weighted by Gasteiger charge is -2.09. The predicted molar refractivity (Wildman–Crippen MR) is 146 cm³/mol. The lowest BCUT2D eigenvalue weighted by atomic mass is 10.0. The Bertz CT molecular complexity index is 2180. The van der Waals surface area contributed by atoms with Crippen molar-refractivity contribution in [2.75, 3.05) is 0 Å². The van der Waals surface area contributed by atoms with Gasteiger partial charge in [0.1, 0.15) is 0 Å². The fraction of sp³-hybridized carbons (Fsp3) is 0. The predicted octanol–water partition coefficient (Wildman–Crippen LogP) is 7.41. The number of fused-ring (bicyclic) bond motifs is 9. The van der Waals surface area contributed by atoms with Crippen molar-refractivity contribution in [3.63, 3.8) is 0 Å². The van der Waals surface area contributed by atoms with Crippen LogP contribution >= 0.6 is 0 Å². The molecule has 0 aliphatic rings. The summed E-state index contributed by atoms with van der Waals surface area (Å²) in [5.74, 6) is 0. The van der Waals surface area contributed by atoms with E-state index < -0.39 is 0 Å². The van der Waals surface area contributed by atoms with Gasteiger partial charge in [-0.1, -0.05) is 54.6 Å². The minimum absolute atomic E-state index is 0.0743. The number of H-pyrrole nitrogens is 2. The van der Waals surface area contributed by atoms with Gasteiger partial charge in [0, 0.05) is 49.0 Å². The van der Waals surface area contributed by atoms with E-state index in [1.165, 1.54) is 16.2 Å². The number of rotatable bonds is 1. The van der Waals surface area contributed by atoms with Crippen molar-refractivity contribution < 1.29 is 0 Å². The maximum Gasteiger partial charge on any atom is 0.256 e. The number of hydrogen-bond donors (Lipinski definition) is 2. The van der Waals surface area contributed by atoms with Crippen molar-refractivity contribution in [3.05, 3.63) is 113 Å². The molecule has 8 rings (SSSR count). The van der Waals surface area contributed by atoms with E-state index in [0.29, 0.717) is 5.39 Å². The number of nitrogens with zero attached hydrogens (tertiary/aromatic N) is 1. The molecule has 0 saturated carbocycles. The lowest BCUT2D eigenvalue weighted by molar-refractivity contribution is 1.18. The van der Waals surface area contributed by atoms with Crippen LogP contribution < -0.4 is 5.56 Å². The highest BCUT2D eigenvalue weighted by Gasteiger charge is 2.16. The van der Waals surface area contributed by atoms with E-state index in [1.54, 1.807) is 0 Å². The largest absolute Gasteiger partial charge is 0.354 e. The van der Waals surface area contributed by atoms with E-state index >= 15 is 0 Å². The summed E-state index contributed by atoms with van der Waals surface area (Å²) < 4.78 is 2.27. The van der Waals surface area contributed by atoms with Gasteiger partial charge in [-0.15, -0.1) is 0 Å². The fourth-order valence-corrected chi connectivity index (χ4v) is 5.69. The van der Waals surface area contributed by atoms with E-state index in [2.05, 4.69) is 99.5 Å². The van der Waals surface area contributed by atoms with Crippen molar-refractivity contribution in [3.8, 4) is 5.69 Å². The van der Waals surface area contributed by atoms with Gasteiger partial charge < -0.3 is 14.5 Å². The second-order valence-electron chi connectivity index (χ2n) is 9.17. The summed E-state index contributed by atoms with van der Waals surface area (Å²) in [5, 5.41) is 7.38. The first-order valence-corrected chi connectivity index (χ1v) is 11.7. The summed E-state index contributed by atoms with van der Waals surface area (Å²) in [6, 6.07) is 35.7. The highest BCUT2D eigenvalue weighted by Crippen LogP contribution is 2.37. The third kappa shape index (κ3) is 2.48. The Hall–Kier alpha value is -4.83. The maximum atomic E-state index is 13.2. The van der Waals surface area contributed by atoms with Crippen molar-refractivity contribution in [1.82, 2.24) is 14.5 Å². The fourth-order valence-electron chi connectivity index (χ4n) is 5.69. The zero-order valence-electron chi connectivity index (χ0n) is 18.7. The molecule has 35 heavy (non-hydrogen) atoms. The molecule has 0 aliphatic carbocycles. The summed E-state index contributed by atoms with van der Waals surface area (Å²) in [4.78, 5) is 19.9. The minimum Gasteiger partial charge on any atom is -0.354 e. The molecule has 0 spiro atoms. The molecule has 0 aliphatic heterocycles. The summed E-state index contributed by atoms with van der Waals surface area (Å²) in [7, 11) is 0. The summed E-state index contributed by atoms with van der Waals surface area (Å²) >= 11 is 0. The van der Waals surface area contributed by atoms with Crippen molar-refractivity contribution >= 4 is 65.3 Å². The van der Waals surface area contributed by atoms with Gasteiger partial charge in [-0.3, -0.25) is 4.79 Å². The molecular weight excluding hydrogens is 430 g/mol. The number of hydrogen-bond acceptors (Lipinski definition) is 1. The molecule has 4 nitrogen and oxygen atoms in total. The number of pyridine rings is 1. The molecule has 0 radical (unpaired) electrons. The highest BCUT2D eigenvalue weighted by molar-refractivity contribution is 6.20. The first-order chi connectivity index (χ1) is 17.3. The maximum absolute atomic E-state index is 13.2. The number of nitrogens with one attached hydrogen (secondary N) is 2. The first-order valence-electron chi connectivity index (χ1n) is 11.7. The monoisotopic (exact) mass is 449 g/mol. The van der Waals surface area contributed by atoms with Crippen LogP contribution in [0.2, 0.25) is 0 Å². The van der Waals surface area contributed by atoms with Crippen LogP contribution in [0.1, 0.15) is 0 Å². The Morgan fingerprint density at radius 1 is 0.457 bits per heavy atom. The van der Waals surface area contributed by atoms with Crippen LogP contribution in [0.3, 0.4) is 0 Å². The molecule has 0 unspecified atom stereocenters. The van der Waals surface area contributed by atoms with Crippen LogP contribution in [-0.2, 0) is 0 Å². The molecule has 5 aromatic carbocycles. The second kappa shape index (κ2) is 6.61. The Balaban J connectivity index is 1.57. The lowest BCUT2D eigenvalue weighted by Crippen LogP contribution is -2.06. The standard InChI is InChI=1S/C31H19N3O/c35-31-25-16-27-22(19-10-4-6-12-26(19)32-27)14-21(25)23-15-24-20-11-5-7-13-29(20)34(18-8-2-1-3-9-18)30(24)17-28(23)33-31/h1-17,32H,(H,33,35). The van der Waals surface area contributed by atoms with E-state index in [9.17, 15) is 4.79 Å². The average Bonchev–Trinajstić information content (AvgIpc) is 3.42. The quantitative estimate of drug-likeness (QED) is 0.252. The van der Waals surface area contributed by atoms with Crippen LogP contribution in [0, 0.1) is 0 Å². The average molecular weight is 450 g/mol. The SMILES string of the molecule is O=c1[nH]c2cc3c(cc2c2cc4c(cc12)[nH]c1ccccc14)c1ccccc1n3-c1ccccc1. The third-order valence-corrected chi connectivity index (χ3v) is 7.25. The Morgan fingerprint density at radius 3 is 2.03 bits per heavy atom. The van der Waals surface area contributed by atoms with Gasteiger partial charge in [0.25, 0.3) is 5.56 Å². The molecule has 0 saturated heterocycles. The number of aromatic amines is 2. The Morgan fingerprint density at radius 2 is 1.14 bits per heavy atom. The van der Waals surface area contributed by atoms with Crippen LogP contribution in [-0.4, -0.2) is 14.5 Å². The van der Waals surface area contributed by atoms with Gasteiger partial charge in [0.2, 0.25) is 0 Å². The Labute approximate surface area is 199 Å². The Kier molecular flexibility index (Phi) is 3.51. The third-order valence-electron chi connectivity index (χ3n) is 7.25. The smallest absolute Gasteiger partial charge is 0.256 e. The van der Waals surface area contributed by atoms with Gasteiger partial charge in [-0.05, 0) is 53.9 Å². The molecule has 4 heteroatoms. The molecule has 164 valence electrons. The van der Waals surface area contributed by atoms with Gasteiger partial charge in [0.15, 0.2) is 0 Å². The summed E-state index contributed by atoms with van der Waals surface area (Å²) in [6.45, 7) is 0. The van der Waals surface area contributed by atoms with Gasteiger partial charge >= 0.3 is 0 Å². The van der Waals surface area contributed by atoms with Crippen molar-refractivity contribution in [2.45, 2.75) is 0 Å². The minimum atomic E-state index is -0.0743. The van der Waals surface area contributed by atoms with E-state index in [4.69, 9.17) is 0 Å². The van der Waals surface area contributed by atoms with Gasteiger partial charge in [-0.25, -0.2) is 0 Å². The highest BCUT2D eigenvalue weighted by atomic mass is 16.1. The molecule has 0 amide bonds. The van der Waals surface area contributed by atoms with Crippen molar-refractivity contribution in [2.24, 2.45) is 0 Å².